The average molecular weight is 298 g/mol. The lowest BCUT2D eigenvalue weighted by molar-refractivity contribution is -0.0499. The summed E-state index contributed by atoms with van der Waals surface area (Å²) < 4.78 is 35.9. The van der Waals surface area contributed by atoms with E-state index < -0.39 is 6.61 Å². The van der Waals surface area contributed by atoms with Gasteiger partial charge in [-0.05, 0) is 13.8 Å². The number of rotatable bonds is 4. The van der Waals surface area contributed by atoms with Crippen LogP contribution in [-0.2, 0) is 0 Å². The number of anilines is 2. The van der Waals surface area contributed by atoms with Crippen molar-refractivity contribution in [3.05, 3.63) is 23.7 Å². The number of benzene rings is 1. The molecule has 0 bridgehead atoms. The summed E-state index contributed by atoms with van der Waals surface area (Å²) in [4.78, 5) is 4.23. The van der Waals surface area contributed by atoms with Crippen LogP contribution in [0.2, 0.25) is 0 Å². The summed E-state index contributed by atoms with van der Waals surface area (Å²) in [6.45, 7) is 0.524. The maximum Gasteiger partial charge on any atom is 0.387 e. The second kappa shape index (κ2) is 5.47. The molecule has 114 valence electrons. The fourth-order valence-corrected chi connectivity index (χ4v) is 2.10. The third-order valence-corrected chi connectivity index (χ3v) is 3.04. The predicted molar refractivity (Wildman–Crippen MR) is 75.0 cm³/mol. The van der Waals surface area contributed by atoms with E-state index in [1.165, 1.54) is 19.2 Å². The summed E-state index contributed by atoms with van der Waals surface area (Å²) in [5.74, 6) is 1.09. The highest BCUT2D eigenvalue weighted by molar-refractivity contribution is 5.71. The number of alkyl halides is 2. The highest BCUT2D eigenvalue weighted by atomic mass is 19.3. The van der Waals surface area contributed by atoms with Crippen LogP contribution in [0.25, 0.3) is 5.69 Å². The zero-order chi connectivity index (χ0) is 15.7. The summed E-state index contributed by atoms with van der Waals surface area (Å²) in [5.41, 5.74) is 13.2. The highest BCUT2D eigenvalue weighted by Gasteiger charge is 2.18. The van der Waals surface area contributed by atoms with Crippen LogP contribution in [0.3, 0.4) is 0 Å². The van der Waals surface area contributed by atoms with Crippen LogP contribution >= 0.6 is 0 Å². The van der Waals surface area contributed by atoms with Gasteiger partial charge >= 0.3 is 6.61 Å². The van der Waals surface area contributed by atoms with Gasteiger partial charge in [-0.25, -0.2) is 4.98 Å². The van der Waals surface area contributed by atoms with E-state index in [1.54, 1.807) is 18.4 Å². The maximum atomic E-state index is 12.4. The van der Waals surface area contributed by atoms with Crippen molar-refractivity contribution in [2.45, 2.75) is 20.5 Å². The molecular formula is C13H16F2N4O2. The number of nitrogens with zero attached hydrogens (tertiary/aromatic N) is 2. The summed E-state index contributed by atoms with van der Waals surface area (Å²) in [6, 6.07) is 2.66. The van der Waals surface area contributed by atoms with Gasteiger partial charge in [0.1, 0.15) is 23.1 Å². The third kappa shape index (κ3) is 2.69. The molecule has 4 N–H and O–H groups in total. The molecule has 0 unspecified atom stereocenters. The lowest BCUT2D eigenvalue weighted by atomic mass is 10.2. The number of nitrogens with two attached hydrogens (primary N) is 2. The molecule has 6 nitrogen and oxygen atoms in total. The lowest BCUT2D eigenvalue weighted by Crippen LogP contribution is -2.09. The molecule has 1 aromatic carbocycles. The smallest absolute Gasteiger partial charge is 0.387 e. The molecule has 0 aliphatic carbocycles. The Morgan fingerprint density at radius 3 is 2.38 bits per heavy atom. The Balaban J connectivity index is 2.66. The lowest BCUT2D eigenvalue weighted by Gasteiger charge is -2.16. The zero-order valence-corrected chi connectivity index (χ0v) is 11.9. The van der Waals surface area contributed by atoms with E-state index in [2.05, 4.69) is 9.72 Å². The van der Waals surface area contributed by atoms with Crippen molar-refractivity contribution < 1.29 is 18.3 Å². The molecule has 1 aromatic heterocycles. The van der Waals surface area contributed by atoms with E-state index in [-0.39, 0.29) is 17.2 Å². The Kier molecular flexibility index (Phi) is 3.88. The second-order valence-corrected chi connectivity index (χ2v) is 4.40. The Hall–Kier alpha value is -2.51. The van der Waals surface area contributed by atoms with Crippen LogP contribution in [0, 0.1) is 13.8 Å². The maximum absolute atomic E-state index is 12.4. The fraction of sp³-hybridized carbons (Fsp3) is 0.308. The first-order chi connectivity index (χ1) is 9.85. The van der Waals surface area contributed by atoms with Crippen molar-refractivity contribution in [2.24, 2.45) is 0 Å². The number of nitrogen functional groups attached to an aromatic ring is 2. The summed E-state index contributed by atoms with van der Waals surface area (Å²) in [5, 5.41) is 0. The van der Waals surface area contributed by atoms with E-state index in [1.807, 2.05) is 0 Å². The molecule has 0 aliphatic rings. The van der Waals surface area contributed by atoms with Gasteiger partial charge in [0.05, 0.1) is 24.2 Å². The third-order valence-electron chi connectivity index (χ3n) is 3.04. The Bertz CT molecular complexity index is 671. The van der Waals surface area contributed by atoms with Crippen LogP contribution < -0.4 is 20.9 Å². The van der Waals surface area contributed by atoms with Gasteiger partial charge in [0, 0.05) is 12.1 Å². The van der Waals surface area contributed by atoms with Gasteiger partial charge in [-0.3, -0.25) is 4.57 Å². The minimum Gasteiger partial charge on any atom is -0.494 e. The normalized spacial score (nSPS) is 11.0. The Labute approximate surface area is 120 Å². The number of hydrogen-bond acceptors (Lipinski definition) is 5. The van der Waals surface area contributed by atoms with Crippen LogP contribution in [0.1, 0.15) is 11.5 Å². The number of aromatic nitrogens is 2. The molecule has 0 aliphatic heterocycles. The van der Waals surface area contributed by atoms with E-state index in [9.17, 15) is 8.78 Å². The molecule has 0 radical (unpaired) electrons. The molecule has 1 heterocycles. The van der Waals surface area contributed by atoms with Gasteiger partial charge in [0.15, 0.2) is 0 Å². The van der Waals surface area contributed by atoms with E-state index in [4.69, 9.17) is 16.2 Å². The predicted octanol–water partition coefficient (Wildman–Crippen LogP) is 2.26. The van der Waals surface area contributed by atoms with Crippen LogP contribution in [0.5, 0.6) is 11.5 Å². The van der Waals surface area contributed by atoms with E-state index in [0.717, 1.165) is 0 Å². The summed E-state index contributed by atoms with van der Waals surface area (Å²) in [6.07, 6.45) is 0. The number of ether oxygens (including phenoxy) is 2. The first-order valence-electron chi connectivity index (χ1n) is 6.09. The van der Waals surface area contributed by atoms with E-state index >= 15 is 0 Å². The van der Waals surface area contributed by atoms with Crippen molar-refractivity contribution in [3.63, 3.8) is 0 Å². The Morgan fingerprint density at radius 1 is 1.24 bits per heavy atom. The second-order valence-electron chi connectivity index (χ2n) is 4.40. The molecule has 0 amide bonds. The first kappa shape index (κ1) is 14.9. The fourth-order valence-electron chi connectivity index (χ4n) is 2.10. The molecule has 0 saturated carbocycles. The standard InChI is InChI=1S/C13H16F2N4O2/c1-6-12(17)19(7(2)18-6)9-4-8(21-13(14)15)5-10(20-3)11(9)16/h4-5,13H,16-17H2,1-3H3. The molecule has 21 heavy (non-hydrogen) atoms. The van der Waals surface area contributed by atoms with Crippen molar-refractivity contribution >= 4 is 11.5 Å². The zero-order valence-electron chi connectivity index (χ0n) is 11.9. The molecular weight excluding hydrogens is 282 g/mol. The molecule has 0 atom stereocenters. The van der Waals surface area contributed by atoms with Gasteiger partial charge in [-0.1, -0.05) is 0 Å². The van der Waals surface area contributed by atoms with Crippen molar-refractivity contribution in [3.8, 4) is 17.2 Å². The molecule has 0 fully saturated rings. The summed E-state index contributed by atoms with van der Waals surface area (Å²) in [7, 11) is 1.39. The van der Waals surface area contributed by atoms with Crippen LogP contribution in [0.4, 0.5) is 20.3 Å². The van der Waals surface area contributed by atoms with E-state index in [0.29, 0.717) is 23.0 Å². The van der Waals surface area contributed by atoms with Gasteiger partial charge < -0.3 is 20.9 Å². The van der Waals surface area contributed by atoms with Gasteiger partial charge in [0.2, 0.25) is 0 Å². The number of imidazole rings is 1. The van der Waals surface area contributed by atoms with Crippen LogP contribution in [0.15, 0.2) is 12.1 Å². The number of halogens is 2. The number of methoxy groups -OCH3 is 1. The quantitative estimate of drug-likeness (QED) is 0.845. The van der Waals surface area contributed by atoms with Crippen LogP contribution in [-0.4, -0.2) is 23.3 Å². The van der Waals surface area contributed by atoms with Crippen molar-refractivity contribution in [1.82, 2.24) is 9.55 Å². The SMILES string of the molecule is COc1cc(OC(F)F)cc(-n2c(C)nc(C)c2N)c1N. The minimum atomic E-state index is -2.95. The largest absolute Gasteiger partial charge is 0.494 e. The van der Waals surface area contributed by atoms with Gasteiger partial charge in [-0.15, -0.1) is 0 Å². The minimum absolute atomic E-state index is 0.0730. The number of hydrogen-bond donors (Lipinski definition) is 2. The highest BCUT2D eigenvalue weighted by Crippen LogP contribution is 2.36. The molecule has 2 aromatic rings. The van der Waals surface area contributed by atoms with Gasteiger partial charge in [-0.2, -0.15) is 8.78 Å². The molecule has 2 rings (SSSR count). The first-order valence-corrected chi connectivity index (χ1v) is 6.09. The molecule has 0 spiro atoms. The summed E-state index contributed by atoms with van der Waals surface area (Å²) >= 11 is 0. The van der Waals surface area contributed by atoms with Gasteiger partial charge in [0.25, 0.3) is 0 Å². The Morgan fingerprint density at radius 2 is 1.90 bits per heavy atom. The topological polar surface area (TPSA) is 88.3 Å². The molecule has 8 heteroatoms. The number of aryl methyl sites for hydroxylation is 2. The van der Waals surface area contributed by atoms with Crippen molar-refractivity contribution in [1.29, 1.82) is 0 Å². The average Bonchev–Trinajstić information content (AvgIpc) is 2.65. The van der Waals surface area contributed by atoms with Crippen molar-refractivity contribution in [2.75, 3.05) is 18.6 Å². The molecule has 0 saturated heterocycles. The monoisotopic (exact) mass is 298 g/mol.